The van der Waals surface area contributed by atoms with Crippen molar-refractivity contribution in [3.8, 4) is 11.5 Å². The Hall–Kier alpha value is -4.81. The van der Waals surface area contributed by atoms with Crippen molar-refractivity contribution in [2.45, 2.75) is 13.1 Å². The van der Waals surface area contributed by atoms with Crippen LogP contribution in [-0.4, -0.2) is 50.3 Å². The van der Waals surface area contributed by atoms with Crippen LogP contribution in [0.5, 0.6) is 11.5 Å². The zero-order valence-electron chi connectivity index (χ0n) is 23.9. The fourth-order valence-electron chi connectivity index (χ4n) is 3.21. The smallest absolute Gasteiger partial charge is 0.341 e. The number of hydrogen-bond donors (Lipinski definition) is 2. The second kappa shape index (κ2) is 17.9. The molecule has 0 aliphatic carbocycles. The van der Waals surface area contributed by atoms with Gasteiger partial charge in [0.1, 0.15) is 39.7 Å². The first-order valence-corrected chi connectivity index (χ1v) is 12.9. The van der Waals surface area contributed by atoms with Crippen molar-refractivity contribution in [3.05, 3.63) is 112 Å². The van der Waals surface area contributed by atoms with Gasteiger partial charge in [0, 0.05) is 13.1 Å². The number of nitrogens with two attached hydrogens (primary N) is 1. The Labute approximate surface area is 252 Å². The number of hydrogen-bond acceptors (Lipinski definition) is 10. The minimum atomic E-state index is -0.702. The third-order valence-electron chi connectivity index (χ3n) is 5.48. The standard InChI is InChI=1S/C15H15FN2O3.C8H11NO.C7H5ClFNO2/c1-20-12-5-3-10(4-6-12)8-17-14-13(15(19)21-2)7-11(16)9-18-14;1-10-8-4-2-7(6-9)3-5-8;1-12-7(11)5-2-4(9)3-10-6(5)8/h3-7,9H,8H2,1-2H3,(H,17,18);2-5H,6,9H2,1H3;2-3H,1H3. The van der Waals surface area contributed by atoms with Gasteiger partial charge in [-0.3, -0.25) is 0 Å². The van der Waals surface area contributed by atoms with Crippen molar-refractivity contribution < 1.29 is 37.3 Å². The van der Waals surface area contributed by atoms with Gasteiger partial charge in [-0.05, 0) is 47.5 Å². The molecule has 0 atom stereocenters. The first kappa shape index (κ1) is 34.4. The molecule has 0 aliphatic heterocycles. The molecule has 0 fully saturated rings. The Bertz CT molecular complexity index is 1450. The molecule has 0 spiro atoms. The number of benzene rings is 2. The van der Waals surface area contributed by atoms with Crippen LogP contribution in [0.25, 0.3) is 0 Å². The van der Waals surface area contributed by atoms with Gasteiger partial charge in [-0.1, -0.05) is 35.9 Å². The molecule has 0 amide bonds. The van der Waals surface area contributed by atoms with Crippen LogP contribution in [0.1, 0.15) is 31.8 Å². The maximum atomic E-state index is 13.2. The van der Waals surface area contributed by atoms with Gasteiger partial charge in [-0.25, -0.2) is 28.3 Å². The fraction of sp³-hybridized carbons (Fsp3) is 0.200. The minimum Gasteiger partial charge on any atom is -0.497 e. The molecule has 2 aromatic heterocycles. The quantitative estimate of drug-likeness (QED) is 0.194. The highest BCUT2D eigenvalue weighted by atomic mass is 35.5. The lowest BCUT2D eigenvalue weighted by Gasteiger charge is -2.10. The summed E-state index contributed by atoms with van der Waals surface area (Å²) in [5.74, 6) is -0.651. The van der Waals surface area contributed by atoms with Crippen molar-refractivity contribution in [2.24, 2.45) is 5.73 Å². The number of esters is 2. The van der Waals surface area contributed by atoms with E-state index in [-0.39, 0.29) is 22.1 Å². The molecule has 0 unspecified atom stereocenters. The molecule has 13 heteroatoms. The van der Waals surface area contributed by atoms with E-state index in [1.807, 2.05) is 48.5 Å². The third kappa shape index (κ3) is 11.2. The number of halogens is 3. The van der Waals surface area contributed by atoms with Gasteiger partial charge in [0.05, 0.1) is 46.4 Å². The van der Waals surface area contributed by atoms with Gasteiger partial charge in [0.15, 0.2) is 0 Å². The lowest BCUT2D eigenvalue weighted by Crippen LogP contribution is -2.10. The maximum Gasteiger partial charge on any atom is 0.341 e. The lowest BCUT2D eigenvalue weighted by atomic mass is 10.2. The van der Waals surface area contributed by atoms with Gasteiger partial charge < -0.3 is 30.0 Å². The van der Waals surface area contributed by atoms with Crippen LogP contribution in [-0.2, 0) is 22.6 Å². The van der Waals surface area contributed by atoms with Gasteiger partial charge in [-0.2, -0.15) is 0 Å². The van der Waals surface area contributed by atoms with E-state index >= 15 is 0 Å². The molecule has 43 heavy (non-hydrogen) atoms. The Kier molecular flexibility index (Phi) is 14.3. The van der Waals surface area contributed by atoms with Gasteiger partial charge in [0.2, 0.25) is 0 Å². The van der Waals surface area contributed by atoms with Crippen molar-refractivity contribution in [3.63, 3.8) is 0 Å². The Balaban J connectivity index is 0.000000248. The van der Waals surface area contributed by atoms with E-state index in [0.717, 1.165) is 47.2 Å². The topological polar surface area (TPSA) is 135 Å². The molecule has 0 radical (unpaired) electrons. The third-order valence-corrected chi connectivity index (χ3v) is 5.79. The Morgan fingerprint density at radius 3 is 1.72 bits per heavy atom. The molecule has 2 heterocycles. The molecular formula is C30H31ClF2N4O6. The molecular weight excluding hydrogens is 586 g/mol. The number of nitrogens with zero attached hydrogens (tertiary/aromatic N) is 2. The van der Waals surface area contributed by atoms with Gasteiger partial charge in [0.25, 0.3) is 0 Å². The second-order valence-corrected chi connectivity index (χ2v) is 8.64. The van der Waals surface area contributed by atoms with Crippen LogP contribution in [0.2, 0.25) is 5.15 Å². The average Bonchev–Trinajstić information content (AvgIpc) is 3.05. The normalized spacial score (nSPS) is 9.77. The van der Waals surface area contributed by atoms with Gasteiger partial charge >= 0.3 is 11.9 Å². The summed E-state index contributed by atoms with van der Waals surface area (Å²) >= 11 is 5.49. The molecule has 4 aromatic rings. The van der Waals surface area contributed by atoms with Crippen LogP contribution in [0.4, 0.5) is 14.6 Å². The molecule has 0 bridgehead atoms. The van der Waals surface area contributed by atoms with Crippen LogP contribution in [0.3, 0.4) is 0 Å². The monoisotopic (exact) mass is 616 g/mol. The average molecular weight is 617 g/mol. The number of methoxy groups -OCH3 is 4. The zero-order valence-corrected chi connectivity index (χ0v) is 24.7. The van der Waals surface area contributed by atoms with E-state index in [9.17, 15) is 18.4 Å². The molecule has 0 aliphatic rings. The van der Waals surface area contributed by atoms with Crippen molar-refractivity contribution in [2.75, 3.05) is 33.8 Å². The highest BCUT2D eigenvalue weighted by molar-refractivity contribution is 6.32. The predicted octanol–water partition coefficient (Wildman–Crippen LogP) is 5.44. The van der Waals surface area contributed by atoms with Crippen LogP contribution in [0.15, 0.2) is 73.1 Å². The number of nitrogens with one attached hydrogen (secondary N) is 1. The van der Waals surface area contributed by atoms with E-state index in [2.05, 4.69) is 24.8 Å². The summed E-state index contributed by atoms with van der Waals surface area (Å²) in [6.45, 7) is 1.02. The Morgan fingerprint density at radius 2 is 1.23 bits per heavy atom. The number of aromatic nitrogens is 2. The number of rotatable bonds is 8. The molecule has 10 nitrogen and oxygen atoms in total. The SMILES string of the molecule is COC(=O)c1cc(F)cnc1Cl.COC(=O)c1cc(F)cnc1NCc1ccc(OC)cc1.COc1ccc(CN)cc1. The molecule has 2 aromatic carbocycles. The van der Waals surface area contributed by atoms with E-state index in [1.54, 1.807) is 14.2 Å². The summed E-state index contributed by atoms with van der Waals surface area (Å²) in [5, 5.41) is 2.92. The second-order valence-electron chi connectivity index (χ2n) is 8.28. The summed E-state index contributed by atoms with van der Waals surface area (Å²) in [4.78, 5) is 29.8. The molecule has 3 N–H and O–H groups in total. The maximum absolute atomic E-state index is 13.2. The largest absolute Gasteiger partial charge is 0.497 e. The van der Waals surface area contributed by atoms with Crippen molar-refractivity contribution >= 4 is 29.4 Å². The number of anilines is 1. The summed E-state index contributed by atoms with van der Waals surface area (Å²) in [6.07, 6.45) is 1.97. The molecule has 0 saturated carbocycles. The molecule has 4 rings (SSSR count). The summed E-state index contributed by atoms with van der Waals surface area (Å²) < 4.78 is 44.7. The highest BCUT2D eigenvalue weighted by Gasteiger charge is 2.14. The fourth-order valence-corrected chi connectivity index (χ4v) is 3.39. The first-order chi connectivity index (χ1) is 20.6. The van der Waals surface area contributed by atoms with E-state index in [1.165, 1.54) is 14.2 Å². The van der Waals surface area contributed by atoms with E-state index < -0.39 is 23.6 Å². The van der Waals surface area contributed by atoms with Crippen LogP contribution >= 0.6 is 11.6 Å². The van der Waals surface area contributed by atoms with E-state index in [4.69, 9.17) is 26.8 Å². The predicted molar refractivity (Wildman–Crippen MR) is 157 cm³/mol. The van der Waals surface area contributed by atoms with Crippen LogP contribution in [0, 0.1) is 11.6 Å². The Morgan fingerprint density at radius 1 is 0.767 bits per heavy atom. The van der Waals surface area contributed by atoms with Crippen molar-refractivity contribution in [1.82, 2.24) is 9.97 Å². The molecule has 0 saturated heterocycles. The van der Waals surface area contributed by atoms with Crippen molar-refractivity contribution in [1.29, 1.82) is 0 Å². The first-order valence-electron chi connectivity index (χ1n) is 12.5. The van der Waals surface area contributed by atoms with Crippen LogP contribution < -0.4 is 20.5 Å². The highest BCUT2D eigenvalue weighted by Crippen LogP contribution is 2.18. The number of ether oxygens (including phenoxy) is 4. The summed E-state index contributed by atoms with van der Waals surface area (Å²) in [5.41, 5.74) is 7.49. The summed E-state index contributed by atoms with van der Waals surface area (Å²) in [6, 6.07) is 17.2. The summed E-state index contributed by atoms with van der Waals surface area (Å²) in [7, 11) is 5.67. The minimum absolute atomic E-state index is 0.0611. The number of pyridine rings is 2. The number of carbonyl (C=O) groups is 2. The number of carbonyl (C=O) groups excluding carboxylic acids is 2. The van der Waals surface area contributed by atoms with E-state index in [0.29, 0.717) is 13.1 Å². The zero-order chi connectivity index (χ0) is 31.8. The lowest BCUT2D eigenvalue weighted by molar-refractivity contribution is 0.0591. The molecule has 228 valence electrons. The van der Waals surface area contributed by atoms with Gasteiger partial charge in [-0.15, -0.1) is 0 Å².